The van der Waals surface area contributed by atoms with E-state index in [-0.39, 0.29) is 5.91 Å². The van der Waals surface area contributed by atoms with Gasteiger partial charge < -0.3 is 9.88 Å². The lowest BCUT2D eigenvalue weighted by Crippen LogP contribution is -2.21. The van der Waals surface area contributed by atoms with Crippen LogP contribution in [0.5, 0.6) is 0 Å². The van der Waals surface area contributed by atoms with E-state index >= 15 is 0 Å². The van der Waals surface area contributed by atoms with Crippen molar-refractivity contribution in [1.29, 1.82) is 0 Å². The summed E-state index contributed by atoms with van der Waals surface area (Å²) in [6.07, 6.45) is 3.93. The van der Waals surface area contributed by atoms with Gasteiger partial charge in [-0.1, -0.05) is 48.0 Å². The second-order valence-electron chi connectivity index (χ2n) is 6.18. The summed E-state index contributed by atoms with van der Waals surface area (Å²) in [5.74, 6) is -0.194. The number of nitrogens with zero attached hydrogens (tertiary/aromatic N) is 1. The highest BCUT2D eigenvalue weighted by molar-refractivity contribution is 7.80. The Morgan fingerprint density at radius 3 is 2.56 bits per heavy atom. The zero-order valence-corrected chi connectivity index (χ0v) is 14.6. The van der Waals surface area contributed by atoms with Crippen molar-refractivity contribution in [3.05, 3.63) is 77.1 Å². The van der Waals surface area contributed by atoms with Crippen molar-refractivity contribution >= 4 is 40.2 Å². The molecule has 1 aliphatic heterocycles. The minimum absolute atomic E-state index is 0.194. The SMILES string of the molecule is Cc1ccc(Cn2cc(/C=C3/NC(=S)NC3=O)c3ccccc32)cc1. The topological polar surface area (TPSA) is 46.1 Å². The number of carbonyl (C=O) groups is 1. The number of carbonyl (C=O) groups excluding carboxylic acids is 1. The van der Waals surface area contributed by atoms with E-state index in [2.05, 4.69) is 64.7 Å². The van der Waals surface area contributed by atoms with Crippen molar-refractivity contribution in [2.24, 2.45) is 0 Å². The van der Waals surface area contributed by atoms with E-state index in [0.717, 1.165) is 23.0 Å². The molecular formula is C20H17N3OS. The van der Waals surface area contributed by atoms with Gasteiger partial charge in [0.15, 0.2) is 5.11 Å². The highest BCUT2D eigenvalue weighted by atomic mass is 32.1. The van der Waals surface area contributed by atoms with Gasteiger partial charge in [-0.2, -0.15) is 0 Å². The number of hydrogen-bond acceptors (Lipinski definition) is 2. The van der Waals surface area contributed by atoms with Gasteiger partial charge in [-0.05, 0) is 36.8 Å². The molecule has 2 N–H and O–H groups in total. The van der Waals surface area contributed by atoms with Crippen LogP contribution in [0.4, 0.5) is 0 Å². The van der Waals surface area contributed by atoms with Gasteiger partial charge in [-0.3, -0.25) is 10.1 Å². The number of para-hydroxylation sites is 1. The lowest BCUT2D eigenvalue weighted by molar-refractivity contribution is -0.115. The molecule has 1 aromatic heterocycles. The number of aryl methyl sites for hydroxylation is 1. The van der Waals surface area contributed by atoms with Crippen LogP contribution in [0.2, 0.25) is 0 Å². The smallest absolute Gasteiger partial charge is 0.273 e. The van der Waals surface area contributed by atoms with Gasteiger partial charge in [-0.25, -0.2) is 0 Å². The maximum atomic E-state index is 11.9. The summed E-state index contributed by atoms with van der Waals surface area (Å²) in [6, 6.07) is 16.7. The third-order valence-electron chi connectivity index (χ3n) is 4.31. The molecule has 25 heavy (non-hydrogen) atoms. The maximum Gasteiger partial charge on any atom is 0.273 e. The molecule has 0 spiro atoms. The van der Waals surface area contributed by atoms with Gasteiger partial charge >= 0.3 is 0 Å². The van der Waals surface area contributed by atoms with E-state index in [9.17, 15) is 4.79 Å². The number of fused-ring (bicyclic) bond motifs is 1. The largest absolute Gasteiger partial charge is 0.342 e. The van der Waals surface area contributed by atoms with E-state index in [1.54, 1.807) is 0 Å². The van der Waals surface area contributed by atoms with Gasteiger partial charge in [0.1, 0.15) is 5.70 Å². The molecule has 0 atom stereocenters. The lowest BCUT2D eigenvalue weighted by atomic mass is 10.1. The summed E-state index contributed by atoms with van der Waals surface area (Å²) in [6.45, 7) is 2.87. The van der Waals surface area contributed by atoms with Crippen LogP contribution in [0.1, 0.15) is 16.7 Å². The first-order valence-electron chi connectivity index (χ1n) is 8.07. The Morgan fingerprint density at radius 2 is 1.84 bits per heavy atom. The first-order valence-corrected chi connectivity index (χ1v) is 8.48. The third kappa shape index (κ3) is 3.06. The van der Waals surface area contributed by atoms with Crippen molar-refractivity contribution in [3.63, 3.8) is 0 Å². The van der Waals surface area contributed by atoms with Gasteiger partial charge in [0.05, 0.1) is 0 Å². The fourth-order valence-corrected chi connectivity index (χ4v) is 3.25. The number of benzene rings is 2. The summed E-state index contributed by atoms with van der Waals surface area (Å²) in [4.78, 5) is 11.9. The first kappa shape index (κ1) is 15.6. The van der Waals surface area contributed by atoms with Crippen molar-refractivity contribution in [2.45, 2.75) is 13.5 Å². The number of thiocarbonyl (C=S) groups is 1. The van der Waals surface area contributed by atoms with Crippen molar-refractivity contribution < 1.29 is 4.79 Å². The molecule has 0 radical (unpaired) electrons. The average molecular weight is 347 g/mol. The Balaban J connectivity index is 1.76. The minimum Gasteiger partial charge on any atom is -0.342 e. The van der Waals surface area contributed by atoms with Gasteiger partial charge in [-0.15, -0.1) is 0 Å². The molecule has 4 nitrogen and oxygen atoms in total. The second kappa shape index (κ2) is 6.18. The molecule has 0 saturated carbocycles. The van der Waals surface area contributed by atoms with Crippen LogP contribution in [0.15, 0.2) is 60.4 Å². The van der Waals surface area contributed by atoms with E-state index in [4.69, 9.17) is 12.2 Å². The second-order valence-corrected chi connectivity index (χ2v) is 6.59. The van der Waals surface area contributed by atoms with Crippen molar-refractivity contribution in [1.82, 2.24) is 15.2 Å². The molecule has 1 saturated heterocycles. The number of aromatic nitrogens is 1. The molecule has 0 bridgehead atoms. The van der Waals surface area contributed by atoms with Gasteiger partial charge in [0.2, 0.25) is 0 Å². The van der Waals surface area contributed by atoms with E-state index in [1.807, 2.05) is 18.2 Å². The predicted octanol–water partition coefficient (Wildman–Crippen LogP) is 3.34. The minimum atomic E-state index is -0.194. The molecular weight excluding hydrogens is 330 g/mol. The predicted molar refractivity (Wildman–Crippen MR) is 104 cm³/mol. The van der Waals surface area contributed by atoms with E-state index < -0.39 is 0 Å². The first-order chi connectivity index (χ1) is 12.1. The van der Waals surface area contributed by atoms with Crippen LogP contribution in [0.3, 0.4) is 0 Å². The Hall–Kier alpha value is -2.92. The molecule has 2 aromatic carbocycles. The molecule has 5 heteroatoms. The molecule has 3 aromatic rings. The summed E-state index contributed by atoms with van der Waals surface area (Å²) in [5, 5.41) is 6.95. The molecule has 0 unspecified atom stereocenters. The summed E-state index contributed by atoms with van der Waals surface area (Å²) in [5.41, 5.74) is 5.09. The third-order valence-corrected chi connectivity index (χ3v) is 4.52. The number of amides is 1. The summed E-state index contributed by atoms with van der Waals surface area (Å²) in [7, 11) is 0. The van der Waals surface area contributed by atoms with Crippen LogP contribution >= 0.6 is 12.2 Å². The fraction of sp³-hybridized carbons (Fsp3) is 0.100. The summed E-state index contributed by atoms with van der Waals surface area (Å²) < 4.78 is 2.21. The van der Waals surface area contributed by atoms with Gasteiger partial charge in [0, 0.05) is 29.2 Å². The standard InChI is InChI=1S/C20H17N3OS/c1-13-6-8-14(9-7-13)11-23-12-15(16-4-2-3-5-18(16)23)10-17-19(24)22-20(25)21-17/h2-10,12H,11H2,1H3,(H2,21,22,24,25)/b17-10+. The number of hydrogen-bond donors (Lipinski definition) is 2. The zero-order chi connectivity index (χ0) is 17.4. The van der Waals surface area contributed by atoms with E-state index in [1.165, 1.54) is 11.1 Å². The van der Waals surface area contributed by atoms with Gasteiger partial charge in [0.25, 0.3) is 5.91 Å². The molecule has 1 aliphatic rings. The lowest BCUT2D eigenvalue weighted by Gasteiger charge is -2.06. The Morgan fingerprint density at radius 1 is 1.08 bits per heavy atom. The number of nitrogens with one attached hydrogen (secondary N) is 2. The van der Waals surface area contributed by atoms with Crippen LogP contribution in [-0.4, -0.2) is 15.6 Å². The van der Waals surface area contributed by atoms with Crippen molar-refractivity contribution in [2.75, 3.05) is 0 Å². The molecule has 1 amide bonds. The van der Waals surface area contributed by atoms with Crippen LogP contribution in [0.25, 0.3) is 17.0 Å². The monoisotopic (exact) mass is 347 g/mol. The fourth-order valence-electron chi connectivity index (χ4n) is 3.05. The highest BCUT2D eigenvalue weighted by Crippen LogP contribution is 2.24. The highest BCUT2D eigenvalue weighted by Gasteiger charge is 2.20. The van der Waals surface area contributed by atoms with Crippen LogP contribution in [-0.2, 0) is 11.3 Å². The molecule has 4 rings (SSSR count). The Kier molecular flexibility index (Phi) is 3.86. The zero-order valence-electron chi connectivity index (χ0n) is 13.7. The Labute approximate surface area is 151 Å². The number of rotatable bonds is 3. The van der Waals surface area contributed by atoms with Crippen LogP contribution in [0, 0.1) is 6.92 Å². The maximum absolute atomic E-state index is 11.9. The molecule has 0 aliphatic carbocycles. The van der Waals surface area contributed by atoms with Crippen LogP contribution < -0.4 is 10.6 Å². The average Bonchev–Trinajstić information content (AvgIpc) is 3.10. The molecule has 2 heterocycles. The Bertz CT molecular complexity index is 1020. The normalized spacial score (nSPS) is 15.6. The molecule has 1 fully saturated rings. The quantitative estimate of drug-likeness (QED) is 0.564. The van der Waals surface area contributed by atoms with Crippen molar-refractivity contribution in [3.8, 4) is 0 Å². The summed E-state index contributed by atoms with van der Waals surface area (Å²) >= 11 is 5.00. The molecule has 124 valence electrons. The van der Waals surface area contributed by atoms with E-state index in [0.29, 0.717) is 10.8 Å².